The SMILES string of the molecule is CC(C)CCC(=O)N1CCN(C2=NC(c3ccccc3O)=Nc3ccc(F)cc3C2)CC1. The molecule has 0 unspecified atom stereocenters. The summed E-state index contributed by atoms with van der Waals surface area (Å²) in [4.78, 5) is 26.0. The fraction of sp³-hybridized carbons (Fsp3) is 0.400. The maximum absolute atomic E-state index is 14.0. The number of benzene rings is 2. The average Bonchev–Trinajstić information content (AvgIpc) is 2.97. The van der Waals surface area contributed by atoms with Crippen LogP contribution in [0.3, 0.4) is 0 Å². The van der Waals surface area contributed by atoms with Crippen molar-refractivity contribution in [2.24, 2.45) is 15.9 Å². The van der Waals surface area contributed by atoms with E-state index in [1.165, 1.54) is 12.1 Å². The van der Waals surface area contributed by atoms with E-state index in [4.69, 9.17) is 4.99 Å². The fourth-order valence-corrected chi connectivity index (χ4v) is 4.03. The molecule has 0 saturated carbocycles. The highest BCUT2D eigenvalue weighted by Gasteiger charge is 2.26. The molecule has 2 aromatic carbocycles. The van der Waals surface area contributed by atoms with Crippen LogP contribution in [0.15, 0.2) is 52.4 Å². The number of amidine groups is 2. The molecule has 0 radical (unpaired) electrons. The third kappa shape index (κ3) is 4.98. The van der Waals surface area contributed by atoms with Crippen molar-refractivity contribution >= 4 is 23.3 Å². The molecule has 168 valence electrons. The number of aromatic hydroxyl groups is 1. The first-order valence-electron chi connectivity index (χ1n) is 11.2. The van der Waals surface area contributed by atoms with Crippen molar-refractivity contribution in [3.8, 4) is 5.75 Å². The molecule has 2 aliphatic heterocycles. The summed E-state index contributed by atoms with van der Waals surface area (Å²) in [6.45, 7) is 6.83. The number of nitrogens with zero attached hydrogens (tertiary/aromatic N) is 4. The fourth-order valence-electron chi connectivity index (χ4n) is 4.03. The van der Waals surface area contributed by atoms with Crippen LogP contribution in [0.2, 0.25) is 0 Å². The largest absolute Gasteiger partial charge is 0.507 e. The Morgan fingerprint density at radius 1 is 1.09 bits per heavy atom. The van der Waals surface area contributed by atoms with E-state index in [-0.39, 0.29) is 17.5 Å². The number of hydrogen-bond donors (Lipinski definition) is 1. The first-order chi connectivity index (χ1) is 15.4. The molecule has 1 N–H and O–H groups in total. The van der Waals surface area contributed by atoms with E-state index in [9.17, 15) is 14.3 Å². The minimum atomic E-state index is -0.315. The Morgan fingerprint density at radius 3 is 2.56 bits per heavy atom. The summed E-state index contributed by atoms with van der Waals surface area (Å²) >= 11 is 0. The van der Waals surface area contributed by atoms with Crippen LogP contribution < -0.4 is 0 Å². The Balaban J connectivity index is 1.58. The van der Waals surface area contributed by atoms with Crippen LogP contribution in [0.25, 0.3) is 0 Å². The molecule has 2 heterocycles. The van der Waals surface area contributed by atoms with Crippen LogP contribution in [0.5, 0.6) is 5.75 Å². The van der Waals surface area contributed by atoms with Gasteiger partial charge in [0, 0.05) is 39.0 Å². The molecule has 0 bridgehead atoms. The van der Waals surface area contributed by atoms with E-state index in [0.29, 0.717) is 62.0 Å². The second kappa shape index (κ2) is 9.51. The Labute approximate surface area is 188 Å². The summed E-state index contributed by atoms with van der Waals surface area (Å²) < 4.78 is 14.0. The van der Waals surface area contributed by atoms with Gasteiger partial charge < -0.3 is 14.9 Å². The van der Waals surface area contributed by atoms with Crippen molar-refractivity contribution in [3.63, 3.8) is 0 Å². The van der Waals surface area contributed by atoms with Gasteiger partial charge in [-0.15, -0.1) is 0 Å². The van der Waals surface area contributed by atoms with E-state index in [0.717, 1.165) is 17.8 Å². The van der Waals surface area contributed by atoms with Gasteiger partial charge in [0.25, 0.3) is 0 Å². The maximum atomic E-state index is 14.0. The molecule has 0 atom stereocenters. The van der Waals surface area contributed by atoms with E-state index < -0.39 is 0 Å². The molecule has 0 aliphatic carbocycles. The van der Waals surface area contributed by atoms with Gasteiger partial charge in [0.05, 0.1) is 11.3 Å². The van der Waals surface area contributed by atoms with Gasteiger partial charge in [0.15, 0.2) is 5.84 Å². The van der Waals surface area contributed by atoms with Crippen LogP contribution in [-0.4, -0.2) is 58.7 Å². The lowest BCUT2D eigenvalue weighted by molar-refractivity contribution is -0.132. The van der Waals surface area contributed by atoms with Gasteiger partial charge in [-0.1, -0.05) is 26.0 Å². The van der Waals surface area contributed by atoms with Gasteiger partial charge in [0.1, 0.15) is 17.4 Å². The molecule has 0 spiro atoms. The summed E-state index contributed by atoms with van der Waals surface area (Å²) in [7, 11) is 0. The molecule has 1 fully saturated rings. The summed E-state index contributed by atoms with van der Waals surface area (Å²) in [5, 5.41) is 10.4. The normalized spacial score (nSPS) is 16.4. The zero-order valence-electron chi connectivity index (χ0n) is 18.6. The predicted molar refractivity (Wildman–Crippen MR) is 124 cm³/mol. The highest BCUT2D eigenvalue weighted by molar-refractivity contribution is 6.10. The lowest BCUT2D eigenvalue weighted by atomic mass is 10.1. The van der Waals surface area contributed by atoms with Crippen molar-refractivity contribution in [2.45, 2.75) is 33.1 Å². The predicted octanol–water partition coefficient (Wildman–Crippen LogP) is 4.14. The van der Waals surface area contributed by atoms with E-state index in [2.05, 4.69) is 23.7 Å². The molecular weight excluding hydrogens is 407 g/mol. The summed E-state index contributed by atoms with van der Waals surface area (Å²) in [5.74, 6) is 1.66. The number of fused-ring (bicyclic) bond motifs is 1. The molecule has 6 nitrogen and oxygen atoms in total. The lowest BCUT2D eigenvalue weighted by Gasteiger charge is -2.36. The van der Waals surface area contributed by atoms with E-state index in [1.807, 2.05) is 11.0 Å². The number of piperazine rings is 1. The van der Waals surface area contributed by atoms with E-state index >= 15 is 0 Å². The zero-order chi connectivity index (χ0) is 22.7. The lowest BCUT2D eigenvalue weighted by Crippen LogP contribution is -2.51. The van der Waals surface area contributed by atoms with Crippen LogP contribution >= 0.6 is 0 Å². The van der Waals surface area contributed by atoms with Gasteiger partial charge in [-0.2, -0.15) is 0 Å². The Kier molecular flexibility index (Phi) is 6.53. The first-order valence-corrected chi connectivity index (χ1v) is 11.2. The molecule has 32 heavy (non-hydrogen) atoms. The van der Waals surface area contributed by atoms with Gasteiger partial charge >= 0.3 is 0 Å². The number of carbonyl (C=O) groups excluding carboxylic acids is 1. The van der Waals surface area contributed by atoms with Gasteiger partial charge in [0.2, 0.25) is 5.91 Å². The van der Waals surface area contributed by atoms with Crippen molar-refractivity contribution in [3.05, 3.63) is 59.4 Å². The Hall–Kier alpha value is -3.22. The number of halogens is 1. The van der Waals surface area contributed by atoms with Gasteiger partial charge in [-0.3, -0.25) is 4.79 Å². The zero-order valence-corrected chi connectivity index (χ0v) is 18.6. The number of aliphatic imine (C=N–C) groups is 2. The van der Waals surface area contributed by atoms with Crippen molar-refractivity contribution in [1.82, 2.24) is 9.80 Å². The summed E-state index contributed by atoms with van der Waals surface area (Å²) in [6, 6.07) is 11.5. The Bertz CT molecular complexity index is 1060. The number of para-hydroxylation sites is 1. The molecule has 2 aromatic rings. The molecule has 1 saturated heterocycles. The minimum Gasteiger partial charge on any atom is -0.507 e. The molecule has 4 rings (SSSR count). The number of phenolic OH excluding ortho intramolecular Hbond substituents is 1. The second-order valence-corrected chi connectivity index (χ2v) is 8.73. The number of hydrogen-bond acceptors (Lipinski definition) is 5. The minimum absolute atomic E-state index is 0.0977. The third-order valence-corrected chi connectivity index (χ3v) is 5.93. The van der Waals surface area contributed by atoms with Gasteiger partial charge in [-0.25, -0.2) is 14.4 Å². The van der Waals surface area contributed by atoms with Crippen LogP contribution in [-0.2, 0) is 11.2 Å². The topological polar surface area (TPSA) is 68.5 Å². The van der Waals surface area contributed by atoms with Crippen molar-refractivity contribution in [1.29, 1.82) is 0 Å². The summed E-state index contributed by atoms with van der Waals surface area (Å²) in [6.07, 6.45) is 1.92. The highest BCUT2D eigenvalue weighted by Crippen LogP contribution is 2.28. The van der Waals surface area contributed by atoms with Crippen LogP contribution in [0.1, 0.15) is 37.8 Å². The van der Waals surface area contributed by atoms with Crippen molar-refractivity contribution < 1.29 is 14.3 Å². The second-order valence-electron chi connectivity index (χ2n) is 8.73. The molecule has 2 aliphatic rings. The first kappa shape index (κ1) is 22.0. The van der Waals surface area contributed by atoms with Crippen LogP contribution in [0, 0.1) is 11.7 Å². The van der Waals surface area contributed by atoms with Crippen molar-refractivity contribution in [2.75, 3.05) is 26.2 Å². The molecular formula is C25H29FN4O2. The quantitative estimate of drug-likeness (QED) is 0.783. The molecule has 7 heteroatoms. The Morgan fingerprint density at radius 2 is 1.84 bits per heavy atom. The molecule has 0 aromatic heterocycles. The smallest absolute Gasteiger partial charge is 0.222 e. The third-order valence-electron chi connectivity index (χ3n) is 5.93. The standard InChI is InChI=1S/C25H29FN4O2/c1-17(2)7-10-24(32)30-13-11-29(12-14-30)23-16-18-15-19(26)8-9-21(18)27-25(28-23)20-5-3-4-6-22(20)31/h3-6,8-9,15,17,31H,7,10-14,16H2,1-2H3. The highest BCUT2D eigenvalue weighted by atomic mass is 19.1. The average molecular weight is 437 g/mol. The monoisotopic (exact) mass is 436 g/mol. The van der Waals surface area contributed by atoms with E-state index in [1.54, 1.807) is 24.3 Å². The summed E-state index contributed by atoms with van der Waals surface area (Å²) in [5.41, 5.74) is 1.93. The number of rotatable bonds is 4. The maximum Gasteiger partial charge on any atom is 0.222 e. The molecule has 1 amide bonds. The number of carbonyl (C=O) groups is 1. The van der Waals surface area contributed by atoms with Gasteiger partial charge in [-0.05, 0) is 48.2 Å². The number of phenols is 1. The number of amides is 1. The van der Waals surface area contributed by atoms with Crippen LogP contribution in [0.4, 0.5) is 10.1 Å².